The topological polar surface area (TPSA) is 70.2 Å². The molecule has 2 aromatic heterocycles. The normalized spacial score (nSPS) is 10.9. The molecule has 130 valence electrons. The van der Waals surface area contributed by atoms with Crippen LogP contribution in [-0.2, 0) is 22.6 Å². The number of hydrogen-bond donors (Lipinski definition) is 0. The predicted octanol–water partition coefficient (Wildman–Crippen LogP) is 3.72. The molecule has 0 fully saturated rings. The molecular weight excluding hydrogens is 342 g/mol. The lowest BCUT2D eigenvalue weighted by atomic mass is 10.1. The standard InChI is InChI=1S/C18H18ClN3O3/c1-11-16(18(19)22(20-11)14-7-5-4-6-8-14)10-24-17(23)9-15-12(2)21-25-13(15)3/h4-8H,9-10H2,1-3H3. The van der Waals surface area contributed by atoms with Crippen LogP contribution in [0.5, 0.6) is 0 Å². The first-order chi connectivity index (χ1) is 12.0. The van der Waals surface area contributed by atoms with Gasteiger partial charge in [-0.15, -0.1) is 0 Å². The second-order valence-electron chi connectivity index (χ2n) is 5.74. The molecule has 1 aromatic carbocycles. The van der Waals surface area contributed by atoms with Gasteiger partial charge in [0.2, 0.25) is 0 Å². The molecule has 0 aliphatic heterocycles. The lowest BCUT2D eigenvalue weighted by molar-refractivity contribution is -0.144. The third-order valence-corrected chi connectivity index (χ3v) is 4.39. The van der Waals surface area contributed by atoms with Gasteiger partial charge in [0.05, 0.1) is 23.5 Å². The van der Waals surface area contributed by atoms with Crippen molar-refractivity contribution in [3.05, 3.63) is 63.8 Å². The van der Waals surface area contributed by atoms with Crippen molar-refractivity contribution >= 4 is 17.6 Å². The fraction of sp³-hybridized carbons (Fsp3) is 0.278. The average Bonchev–Trinajstić information content (AvgIpc) is 3.07. The Kier molecular flexibility index (Phi) is 4.90. The summed E-state index contributed by atoms with van der Waals surface area (Å²) in [5, 5.41) is 8.70. The molecular formula is C18H18ClN3O3. The molecule has 25 heavy (non-hydrogen) atoms. The third-order valence-electron chi connectivity index (χ3n) is 4.00. The second kappa shape index (κ2) is 7.11. The van der Waals surface area contributed by atoms with Crippen molar-refractivity contribution in [3.63, 3.8) is 0 Å². The summed E-state index contributed by atoms with van der Waals surface area (Å²) in [5.41, 5.74) is 3.72. The summed E-state index contributed by atoms with van der Waals surface area (Å²) in [6.07, 6.45) is 0.116. The zero-order valence-corrected chi connectivity index (χ0v) is 15.0. The van der Waals surface area contributed by atoms with E-state index >= 15 is 0 Å². The highest BCUT2D eigenvalue weighted by molar-refractivity contribution is 6.30. The SMILES string of the molecule is Cc1noc(C)c1CC(=O)OCc1c(C)nn(-c2ccccc2)c1Cl. The van der Waals surface area contributed by atoms with Gasteiger partial charge in [-0.2, -0.15) is 5.10 Å². The lowest BCUT2D eigenvalue weighted by Crippen LogP contribution is -2.09. The van der Waals surface area contributed by atoms with E-state index in [1.807, 2.05) is 37.3 Å². The summed E-state index contributed by atoms with van der Waals surface area (Å²) in [4.78, 5) is 12.1. The minimum atomic E-state index is -0.364. The zero-order valence-electron chi connectivity index (χ0n) is 14.2. The van der Waals surface area contributed by atoms with Crippen molar-refractivity contribution in [1.82, 2.24) is 14.9 Å². The van der Waals surface area contributed by atoms with Crippen LogP contribution in [0.4, 0.5) is 0 Å². The van der Waals surface area contributed by atoms with Crippen LogP contribution in [0.25, 0.3) is 5.69 Å². The van der Waals surface area contributed by atoms with Crippen LogP contribution in [0.15, 0.2) is 34.9 Å². The number of hydrogen-bond acceptors (Lipinski definition) is 5. The van der Waals surface area contributed by atoms with Crippen molar-refractivity contribution in [3.8, 4) is 5.69 Å². The highest BCUT2D eigenvalue weighted by Crippen LogP contribution is 2.24. The van der Waals surface area contributed by atoms with E-state index in [-0.39, 0.29) is 19.0 Å². The number of ether oxygens (including phenoxy) is 1. The van der Waals surface area contributed by atoms with Gasteiger partial charge in [-0.1, -0.05) is 35.0 Å². The fourth-order valence-electron chi connectivity index (χ4n) is 2.54. The Balaban J connectivity index is 1.71. The Morgan fingerprint density at radius 3 is 2.52 bits per heavy atom. The number of esters is 1. The molecule has 0 saturated carbocycles. The number of halogens is 1. The quantitative estimate of drug-likeness (QED) is 0.649. The van der Waals surface area contributed by atoms with Crippen molar-refractivity contribution in [2.24, 2.45) is 0 Å². The maximum Gasteiger partial charge on any atom is 0.310 e. The summed E-state index contributed by atoms with van der Waals surface area (Å²) in [6, 6.07) is 9.56. The average molecular weight is 360 g/mol. The van der Waals surface area contributed by atoms with E-state index in [1.165, 1.54) is 0 Å². The Bertz CT molecular complexity index is 880. The number of para-hydroxylation sites is 1. The van der Waals surface area contributed by atoms with Crippen molar-refractivity contribution in [2.45, 2.75) is 33.8 Å². The molecule has 0 amide bonds. The Morgan fingerprint density at radius 1 is 1.16 bits per heavy atom. The zero-order chi connectivity index (χ0) is 18.0. The second-order valence-corrected chi connectivity index (χ2v) is 6.10. The summed E-state index contributed by atoms with van der Waals surface area (Å²) >= 11 is 6.42. The number of benzene rings is 1. The number of carbonyl (C=O) groups excluding carboxylic acids is 1. The Hall–Kier alpha value is -2.60. The van der Waals surface area contributed by atoms with E-state index in [2.05, 4.69) is 10.3 Å². The van der Waals surface area contributed by atoms with E-state index in [4.69, 9.17) is 20.9 Å². The fourth-order valence-corrected chi connectivity index (χ4v) is 2.86. The van der Waals surface area contributed by atoms with Crippen LogP contribution in [0.1, 0.15) is 28.3 Å². The molecule has 3 aromatic rings. The first-order valence-electron chi connectivity index (χ1n) is 7.84. The molecule has 3 rings (SSSR count). The molecule has 0 unspecified atom stereocenters. The van der Waals surface area contributed by atoms with Gasteiger partial charge in [0.1, 0.15) is 17.5 Å². The van der Waals surface area contributed by atoms with Gasteiger partial charge in [-0.25, -0.2) is 4.68 Å². The molecule has 7 heteroatoms. The van der Waals surface area contributed by atoms with Gasteiger partial charge in [0, 0.05) is 11.1 Å². The monoisotopic (exact) mass is 359 g/mol. The first-order valence-corrected chi connectivity index (χ1v) is 8.22. The molecule has 0 saturated heterocycles. The lowest BCUT2D eigenvalue weighted by Gasteiger charge is -2.05. The minimum Gasteiger partial charge on any atom is -0.460 e. The molecule has 0 radical (unpaired) electrons. The number of rotatable bonds is 5. The van der Waals surface area contributed by atoms with E-state index in [0.717, 1.165) is 16.9 Å². The van der Waals surface area contributed by atoms with Gasteiger partial charge in [0.15, 0.2) is 0 Å². The number of aromatic nitrogens is 3. The van der Waals surface area contributed by atoms with E-state index in [1.54, 1.807) is 18.5 Å². The summed E-state index contributed by atoms with van der Waals surface area (Å²) < 4.78 is 12.1. The van der Waals surface area contributed by atoms with Crippen LogP contribution in [0.3, 0.4) is 0 Å². The number of aryl methyl sites for hydroxylation is 3. The highest BCUT2D eigenvalue weighted by Gasteiger charge is 2.18. The van der Waals surface area contributed by atoms with Crippen molar-refractivity contribution in [1.29, 1.82) is 0 Å². The molecule has 0 atom stereocenters. The molecule has 2 heterocycles. The minimum absolute atomic E-state index is 0.0692. The van der Waals surface area contributed by atoms with Gasteiger partial charge in [0.25, 0.3) is 0 Å². The van der Waals surface area contributed by atoms with Gasteiger partial charge in [-0.05, 0) is 32.9 Å². The van der Waals surface area contributed by atoms with E-state index in [0.29, 0.717) is 22.2 Å². The van der Waals surface area contributed by atoms with E-state index < -0.39 is 0 Å². The van der Waals surface area contributed by atoms with Crippen LogP contribution in [-0.4, -0.2) is 20.9 Å². The molecule has 0 N–H and O–H groups in total. The third kappa shape index (κ3) is 3.58. The van der Waals surface area contributed by atoms with E-state index in [9.17, 15) is 4.79 Å². The van der Waals surface area contributed by atoms with Crippen LogP contribution < -0.4 is 0 Å². The number of nitrogens with zero attached hydrogens (tertiary/aromatic N) is 3. The van der Waals surface area contributed by atoms with Gasteiger partial charge in [-0.3, -0.25) is 4.79 Å². The van der Waals surface area contributed by atoms with Crippen molar-refractivity contribution < 1.29 is 14.1 Å². The van der Waals surface area contributed by atoms with Gasteiger partial charge < -0.3 is 9.26 Å². The van der Waals surface area contributed by atoms with Gasteiger partial charge >= 0.3 is 5.97 Å². The maximum atomic E-state index is 12.1. The summed E-state index contributed by atoms with van der Waals surface area (Å²) in [6.45, 7) is 5.47. The largest absolute Gasteiger partial charge is 0.460 e. The molecule has 0 aliphatic carbocycles. The predicted molar refractivity (Wildman–Crippen MR) is 92.8 cm³/mol. The molecule has 0 aliphatic rings. The molecule has 0 bridgehead atoms. The van der Waals surface area contributed by atoms with Crippen molar-refractivity contribution in [2.75, 3.05) is 0 Å². The van der Waals surface area contributed by atoms with Crippen LogP contribution >= 0.6 is 11.6 Å². The first kappa shape index (κ1) is 17.2. The highest BCUT2D eigenvalue weighted by atomic mass is 35.5. The summed E-state index contributed by atoms with van der Waals surface area (Å²) in [5.74, 6) is 0.262. The van der Waals surface area contributed by atoms with Crippen LogP contribution in [0, 0.1) is 20.8 Å². The number of carbonyl (C=O) groups is 1. The summed E-state index contributed by atoms with van der Waals surface area (Å²) in [7, 11) is 0. The van der Waals surface area contributed by atoms with Crippen LogP contribution in [0.2, 0.25) is 5.15 Å². The Morgan fingerprint density at radius 2 is 1.88 bits per heavy atom. The maximum absolute atomic E-state index is 12.1. The molecule has 0 spiro atoms. The molecule has 6 nitrogen and oxygen atoms in total. The smallest absolute Gasteiger partial charge is 0.310 e. The Labute approximate surface area is 150 Å².